The molecule has 0 aliphatic heterocycles. The Hall–Kier alpha value is -2.14. The van der Waals surface area contributed by atoms with Crippen molar-refractivity contribution in [2.24, 2.45) is 5.92 Å². The zero-order valence-corrected chi connectivity index (χ0v) is 14.8. The van der Waals surface area contributed by atoms with Crippen molar-refractivity contribution < 1.29 is 9.59 Å². The van der Waals surface area contributed by atoms with Crippen molar-refractivity contribution in [2.45, 2.75) is 39.5 Å². The van der Waals surface area contributed by atoms with E-state index < -0.39 is 0 Å². The maximum Gasteiger partial charge on any atom is 0.279 e. The van der Waals surface area contributed by atoms with Gasteiger partial charge >= 0.3 is 0 Å². The molecule has 3 rings (SSSR count). The molecule has 1 atom stereocenters. The van der Waals surface area contributed by atoms with Gasteiger partial charge in [-0.1, -0.05) is 36.8 Å². The summed E-state index contributed by atoms with van der Waals surface area (Å²) in [7, 11) is 0. The van der Waals surface area contributed by atoms with Gasteiger partial charge in [0, 0.05) is 4.88 Å². The van der Waals surface area contributed by atoms with Crippen molar-refractivity contribution in [3.63, 3.8) is 0 Å². The number of fused-ring (bicyclic) bond motifs is 1. The lowest BCUT2D eigenvalue weighted by Crippen LogP contribution is -2.42. The Morgan fingerprint density at radius 1 is 1.21 bits per heavy atom. The highest BCUT2D eigenvalue weighted by Gasteiger charge is 2.20. The van der Waals surface area contributed by atoms with Crippen molar-refractivity contribution in [2.75, 3.05) is 0 Å². The zero-order valence-electron chi connectivity index (χ0n) is 14.0. The number of thiophene rings is 1. The molecule has 0 saturated carbocycles. The first-order valence-corrected chi connectivity index (χ1v) is 9.09. The van der Waals surface area contributed by atoms with E-state index in [-0.39, 0.29) is 18.2 Å². The van der Waals surface area contributed by atoms with Crippen LogP contribution in [0.5, 0.6) is 0 Å². The first-order chi connectivity index (χ1) is 11.5. The SMILES string of the molecule is Cc1ccc(CC(=O)NNC(=O)c2cc3c(s2)CC[C@@H](C)C3)cc1. The second-order valence-corrected chi connectivity index (χ2v) is 7.71. The number of hydrazine groups is 1. The zero-order chi connectivity index (χ0) is 17.1. The van der Waals surface area contributed by atoms with Crippen LogP contribution in [0.2, 0.25) is 0 Å². The summed E-state index contributed by atoms with van der Waals surface area (Å²) in [4.78, 5) is 26.2. The van der Waals surface area contributed by atoms with E-state index in [1.807, 2.05) is 37.3 Å². The van der Waals surface area contributed by atoms with Crippen LogP contribution in [0.15, 0.2) is 30.3 Å². The summed E-state index contributed by atoms with van der Waals surface area (Å²) in [6.45, 7) is 4.25. The highest BCUT2D eigenvalue weighted by Crippen LogP contribution is 2.32. The average Bonchev–Trinajstić information content (AvgIpc) is 2.98. The maximum atomic E-state index is 12.2. The Kier molecular flexibility index (Phi) is 5.00. The van der Waals surface area contributed by atoms with Gasteiger partial charge in [-0.3, -0.25) is 20.4 Å². The van der Waals surface area contributed by atoms with Crippen LogP contribution in [0.4, 0.5) is 0 Å². The van der Waals surface area contributed by atoms with Crippen molar-refractivity contribution in [3.8, 4) is 0 Å². The molecule has 2 amide bonds. The first-order valence-electron chi connectivity index (χ1n) is 8.27. The smallest absolute Gasteiger partial charge is 0.273 e. The number of nitrogens with one attached hydrogen (secondary N) is 2. The van der Waals surface area contributed by atoms with E-state index in [0.717, 1.165) is 24.0 Å². The van der Waals surface area contributed by atoms with Crippen LogP contribution >= 0.6 is 11.3 Å². The molecule has 126 valence electrons. The summed E-state index contributed by atoms with van der Waals surface area (Å²) < 4.78 is 0. The average molecular weight is 342 g/mol. The van der Waals surface area contributed by atoms with E-state index in [2.05, 4.69) is 17.8 Å². The first kappa shape index (κ1) is 16.7. The number of amides is 2. The Bertz CT molecular complexity index is 749. The van der Waals surface area contributed by atoms with E-state index >= 15 is 0 Å². The van der Waals surface area contributed by atoms with Gasteiger partial charge in [0.2, 0.25) is 5.91 Å². The van der Waals surface area contributed by atoms with Crippen LogP contribution in [0.1, 0.15) is 44.6 Å². The monoisotopic (exact) mass is 342 g/mol. The molecule has 2 N–H and O–H groups in total. The molecule has 2 aromatic rings. The molecule has 1 aliphatic carbocycles. The fourth-order valence-electron chi connectivity index (χ4n) is 2.94. The highest BCUT2D eigenvalue weighted by atomic mass is 32.1. The van der Waals surface area contributed by atoms with E-state index in [9.17, 15) is 9.59 Å². The second-order valence-electron chi connectivity index (χ2n) is 6.57. The molecule has 0 spiro atoms. The topological polar surface area (TPSA) is 58.2 Å². The Morgan fingerprint density at radius 3 is 2.71 bits per heavy atom. The number of benzene rings is 1. The molecule has 1 heterocycles. The molecule has 24 heavy (non-hydrogen) atoms. The fourth-order valence-corrected chi connectivity index (χ4v) is 4.04. The van der Waals surface area contributed by atoms with E-state index in [1.165, 1.54) is 28.2 Å². The predicted octanol–water partition coefficient (Wildman–Crippen LogP) is 3.19. The summed E-state index contributed by atoms with van der Waals surface area (Å²) >= 11 is 1.54. The molecule has 0 radical (unpaired) electrons. The standard InChI is InChI=1S/C19H22N2O2S/c1-12-3-6-14(7-4-12)10-18(22)20-21-19(23)17-11-15-9-13(2)5-8-16(15)24-17/h3-4,6-7,11,13H,5,8-10H2,1-2H3,(H,20,22)(H,21,23)/t13-/m1/s1. The molecular weight excluding hydrogens is 320 g/mol. The molecule has 5 heteroatoms. The molecule has 1 aromatic heterocycles. The van der Waals surface area contributed by atoms with E-state index in [1.54, 1.807) is 0 Å². The Morgan fingerprint density at radius 2 is 1.96 bits per heavy atom. The van der Waals surface area contributed by atoms with Gasteiger partial charge in [0.05, 0.1) is 11.3 Å². The van der Waals surface area contributed by atoms with Crippen LogP contribution < -0.4 is 10.9 Å². The van der Waals surface area contributed by atoms with Crippen molar-refractivity contribution in [1.82, 2.24) is 10.9 Å². The van der Waals surface area contributed by atoms with Crippen LogP contribution in [-0.4, -0.2) is 11.8 Å². The third-order valence-corrected chi connectivity index (χ3v) is 5.59. The summed E-state index contributed by atoms with van der Waals surface area (Å²) in [5.41, 5.74) is 8.39. The number of rotatable bonds is 3. The van der Waals surface area contributed by atoms with Crippen LogP contribution in [0, 0.1) is 12.8 Å². The van der Waals surface area contributed by atoms with Gasteiger partial charge in [0.15, 0.2) is 0 Å². The lowest BCUT2D eigenvalue weighted by atomic mass is 9.90. The van der Waals surface area contributed by atoms with Gasteiger partial charge in [-0.25, -0.2) is 0 Å². The van der Waals surface area contributed by atoms with Gasteiger partial charge in [-0.2, -0.15) is 0 Å². The highest BCUT2D eigenvalue weighted by molar-refractivity contribution is 7.14. The van der Waals surface area contributed by atoms with E-state index in [4.69, 9.17) is 0 Å². The Labute approximate surface area is 146 Å². The summed E-state index contributed by atoms with van der Waals surface area (Å²) in [5.74, 6) is 0.221. The molecule has 0 saturated heterocycles. The maximum absolute atomic E-state index is 12.2. The molecular formula is C19H22N2O2S. The normalized spacial score (nSPS) is 16.3. The van der Waals surface area contributed by atoms with Crippen molar-refractivity contribution >= 4 is 23.2 Å². The quantitative estimate of drug-likeness (QED) is 0.842. The fraction of sp³-hybridized carbons (Fsp3) is 0.368. The van der Waals surface area contributed by atoms with Crippen molar-refractivity contribution in [3.05, 3.63) is 56.8 Å². The van der Waals surface area contributed by atoms with Crippen LogP contribution in [0.3, 0.4) is 0 Å². The third-order valence-electron chi connectivity index (χ3n) is 4.35. The molecule has 1 aliphatic rings. The second kappa shape index (κ2) is 7.18. The summed E-state index contributed by atoms with van der Waals surface area (Å²) in [5, 5.41) is 0. The number of hydrogen-bond donors (Lipinski definition) is 2. The molecule has 4 nitrogen and oxygen atoms in total. The van der Waals surface area contributed by atoms with E-state index in [0.29, 0.717) is 10.8 Å². The lowest BCUT2D eigenvalue weighted by molar-refractivity contribution is -0.121. The molecule has 0 unspecified atom stereocenters. The molecule has 0 fully saturated rings. The number of hydrogen-bond acceptors (Lipinski definition) is 3. The lowest BCUT2D eigenvalue weighted by Gasteiger charge is -2.16. The van der Waals surface area contributed by atoms with Gasteiger partial charge in [-0.05, 0) is 49.3 Å². The molecule has 0 bridgehead atoms. The third kappa shape index (κ3) is 4.03. The summed E-state index contributed by atoms with van der Waals surface area (Å²) in [6.07, 6.45) is 3.52. The minimum Gasteiger partial charge on any atom is -0.273 e. The van der Waals surface area contributed by atoms with Crippen molar-refractivity contribution in [1.29, 1.82) is 0 Å². The largest absolute Gasteiger partial charge is 0.279 e. The van der Waals surface area contributed by atoms with Crippen LogP contribution in [-0.2, 0) is 24.1 Å². The van der Waals surface area contributed by atoms with Crippen LogP contribution in [0.25, 0.3) is 0 Å². The van der Waals surface area contributed by atoms with Gasteiger partial charge in [0.1, 0.15) is 0 Å². The minimum absolute atomic E-state index is 0.220. The van der Waals surface area contributed by atoms with Gasteiger partial charge in [0.25, 0.3) is 5.91 Å². The predicted molar refractivity (Wildman–Crippen MR) is 96.0 cm³/mol. The van der Waals surface area contributed by atoms with Gasteiger partial charge < -0.3 is 0 Å². The Balaban J connectivity index is 1.53. The number of aryl methyl sites for hydroxylation is 2. The molecule has 1 aromatic carbocycles. The summed E-state index contributed by atoms with van der Waals surface area (Å²) in [6, 6.07) is 9.75. The van der Waals surface area contributed by atoms with Gasteiger partial charge in [-0.15, -0.1) is 11.3 Å². The number of carbonyl (C=O) groups excluding carboxylic acids is 2. The minimum atomic E-state index is -0.237. The number of carbonyl (C=O) groups is 2.